The van der Waals surface area contributed by atoms with E-state index in [1.807, 2.05) is 26.0 Å². The van der Waals surface area contributed by atoms with E-state index in [0.29, 0.717) is 0 Å². The maximum Gasteiger partial charge on any atom is 0.123 e. The van der Waals surface area contributed by atoms with Crippen molar-refractivity contribution in [3.63, 3.8) is 0 Å². The summed E-state index contributed by atoms with van der Waals surface area (Å²) in [6, 6.07) is 4.01. The SMILES string of the molecule is Cc1cc(Br)cc2[nH]c([C@H](C)N)nc12. The molecule has 1 atom stereocenters. The van der Waals surface area contributed by atoms with Crippen LogP contribution in [0.3, 0.4) is 0 Å². The van der Waals surface area contributed by atoms with Crippen LogP contribution in [-0.4, -0.2) is 9.97 Å². The molecule has 1 heterocycles. The van der Waals surface area contributed by atoms with Gasteiger partial charge in [-0.1, -0.05) is 15.9 Å². The Morgan fingerprint density at radius 3 is 2.86 bits per heavy atom. The van der Waals surface area contributed by atoms with Crippen LogP contribution < -0.4 is 5.73 Å². The Kier molecular flexibility index (Phi) is 2.33. The van der Waals surface area contributed by atoms with Gasteiger partial charge in [-0.15, -0.1) is 0 Å². The lowest BCUT2D eigenvalue weighted by Crippen LogP contribution is -2.06. The van der Waals surface area contributed by atoms with Crippen molar-refractivity contribution in [1.82, 2.24) is 9.97 Å². The molecule has 0 amide bonds. The van der Waals surface area contributed by atoms with Gasteiger partial charge in [-0.2, -0.15) is 0 Å². The first kappa shape index (κ1) is 9.68. The third kappa shape index (κ3) is 1.55. The van der Waals surface area contributed by atoms with Crippen LogP contribution in [0.5, 0.6) is 0 Å². The molecule has 0 unspecified atom stereocenters. The van der Waals surface area contributed by atoms with Crippen LogP contribution in [0.1, 0.15) is 24.4 Å². The van der Waals surface area contributed by atoms with Crippen LogP contribution in [0.4, 0.5) is 0 Å². The van der Waals surface area contributed by atoms with Crippen molar-refractivity contribution in [3.05, 3.63) is 28.0 Å². The summed E-state index contributed by atoms with van der Waals surface area (Å²) in [5, 5.41) is 0. The minimum Gasteiger partial charge on any atom is -0.341 e. The highest BCUT2D eigenvalue weighted by Crippen LogP contribution is 2.23. The zero-order chi connectivity index (χ0) is 10.3. The standard InChI is InChI=1S/C10H12BrN3/c1-5-3-7(11)4-8-9(5)14-10(13-8)6(2)12/h3-4,6H,12H2,1-2H3,(H,13,14)/t6-/m0/s1. The van der Waals surface area contributed by atoms with Crippen LogP contribution in [-0.2, 0) is 0 Å². The van der Waals surface area contributed by atoms with Gasteiger partial charge < -0.3 is 10.7 Å². The average Bonchev–Trinajstić information content (AvgIpc) is 2.47. The van der Waals surface area contributed by atoms with Gasteiger partial charge in [-0.3, -0.25) is 0 Å². The number of aromatic nitrogens is 2. The number of H-pyrrole nitrogens is 1. The minimum atomic E-state index is -0.0550. The van der Waals surface area contributed by atoms with Gasteiger partial charge in [0.2, 0.25) is 0 Å². The number of nitrogens with zero attached hydrogens (tertiary/aromatic N) is 1. The van der Waals surface area contributed by atoms with Gasteiger partial charge in [-0.25, -0.2) is 4.98 Å². The van der Waals surface area contributed by atoms with Crippen LogP contribution in [0.25, 0.3) is 11.0 Å². The van der Waals surface area contributed by atoms with Gasteiger partial charge in [0.15, 0.2) is 0 Å². The number of benzene rings is 1. The van der Waals surface area contributed by atoms with E-state index in [2.05, 4.69) is 25.9 Å². The van der Waals surface area contributed by atoms with E-state index in [1.54, 1.807) is 0 Å². The first-order chi connectivity index (χ1) is 6.58. The van der Waals surface area contributed by atoms with Crippen molar-refractivity contribution in [1.29, 1.82) is 0 Å². The summed E-state index contributed by atoms with van der Waals surface area (Å²) in [5.74, 6) is 0.834. The van der Waals surface area contributed by atoms with Gasteiger partial charge in [0.1, 0.15) is 5.82 Å². The van der Waals surface area contributed by atoms with E-state index >= 15 is 0 Å². The van der Waals surface area contributed by atoms with Gasteiger partial charge in [0, 0.05) is 4.47 Å². The van der Waals surface area contributed by atoms with E-state index < -0.39 is 0 Å². The molecule has 4 heteroatoms. The number of hydrogen-bond donors (Lipinski definition) is 2. The summed E-state index contributed by atoms with van der Waals surface area (Å²) in [5.41, 5.74) is 8.94. The Balaban J connectivity index is 2.70. The second kappa shape index (κ2) is 3.37. The Morgan fingerprint density at radius 2 is 2.21 bits per heavy atom. The third-order valence-corrected chi connectivity index (χ3v) is 2.65. The first-order valence-electron chi connectivity index (χ1n) is 4.49. The maximum absolute atomic E-state index is 5.76. The van der Waals surface area contributed by atoms with Crippen molar-refractivity contribution in [2.24, 2.45) is 5.73 Å². The molecule has 1 aromatic carbocycles. The molecule has 14 heavy (non-hydrogen) atoms. The summed E-state index contributed by atoms with van der Waals surface area (Å²) < 4.78 is 1.06. The molecule has 0 saturated carbocycles. The van der Waals surface area contributed by atoms with Gasteiger partial charge >= 0.3 is 0 Å². The fraction of sp³-hybridized carbons (Fsp3) is 0.300. The molecule has 0 bridgehead atoms. The second-order valence-corrected chi connectivity index (χ2v) is 4.45. The summed E-state index contributed by atoms with van der Waals surface area (Å²) in [4.78, 5) is 7.66. The van der Waals surface area contributed by atoms with Crippen molar-refractivity contribution in [2.75, 3.05) is 0 Å². The quantitative estimate of drug-likeness (QED) is 0.821. The Bertz CT molecular complexity index is 473. The number of rotatable bonds is 1. The predicted molar refractivity (Wildman–Crippen MR) is 61.1 cm³/mol. The molecular formula is C10H12BrN3. The van der Waals surface area contributed by atoms with Gasteiger partial charge in [0.25, 0.3) is 0 Å². The fourth-order valence-electron chi connectivity index (χ4n) is 1.48. The molecule has 0 aliphatic carbocycles. The summed E-state index contributed by atoms with van der Waals surface area (Å²) in [6.45, 7) is 3.96. The molecule has 3 N–H and O–H groups in total. The average molecular weight is 254 g/mol. The maximum atomic E-state index is 5.76. The Labute approximate surface area is 90.8 Å². The van der Waals surface area contributed by atoms with E-state index in [-0.39, 0.29) is 6.04 Å². The molecule has 1 aromatic heterocycles. The van der Waals surface area contributed by atoms with E-state index in [0.717, 1.165) is 26.9 Å². The molecule has 0 saturated heterocycles. The normalized spacial score (nSPS) is 13.4. The van der Waals surface area contributed by atoms with Crippen LogP contribution in [0.15, 0.2) is 16.6 Å². The number of nitrogens with one attached hydrogen (secondary N) is 1. The Morgan fingerprint density at radius 1 is 1.50 bits per heavy atom. The van der Waals surface area contributed by atoms with Gasteiger partial charge in [0.05, 0.1) is 17.1 Å². The molecule has 2 rings (SSSR count). The molecule has 0 aliphatic rings. The monoisotopic (exact) mass is 253 g/mol. The zero-order valence-electron chi connectivity index (χ0n) is 8.13. The lowest BCUT2D eigenvalue weighted by Gasteiger charge is -1.96. The third-order valence-electron chi connectivity index (χ3n) is 2.19. The largest absolute Gasteiger partial charge is 0.341 e. The molecule has 0 aliphatic heterocycles. The smallest absolute Gasteiger partial charge is 0.123 e. The minimum absolute atomic E-state index is 0.0550. The summed E-state index contributed by atoms with van der Waals surface area (Å²) in [7, 11) is 0. The predicted octanol–water partition coefficient (Wildman–Crippen LogP) is 2.65. The van der Waals surface area contributed by atoms with Crippen LogP contribution >= 0.6 is 15.9 Å². The van der Waals surface area contributed by atoms with E-state index in [9.17, 15) is 0 Å². The molecular weight excluding hydrogens is 242 g/mol. The number of aryl methyl sites for hydroxylation is 1. The lowest BCUT2D eigenvalue weighted by molar-refractivity contribution is 0.760. The number of fused-ring (bicyclic) bond motifs is 1. The molecule has 0 spiro atoms. The van der Waals surface area contributed by atoms with Crippen molar-refractivity contribution in [3.8, 4) is 0 Å². The highest BCUT2D eigenvalue weighted by molar-refractivity contribution is 9.10. The van der Waals surface area contributed by atoms with Crippen LogP contribution in [0, 0.1) is 6.92 Å². The van der Waals surface area contributed by atoms with Crippen molar-refractivity contribution in [2.45, 2.75) is 19.9 Å². The zero-order valence-corrected chi connectivity index (χ0v) is 9.72. The molecule has 0 fully saturated rings. The van der Waals surface area contributed by atoms with Crippen molar-refractivity contribution >= 4 is 27.0 Å². The Hall–Kier alpha value is -0.870. The summed E-state index contributed by atoms with van der Waals surface area (Å²) >= 11 is 3.45. The molecule has 2 aromatic rings. The number of halogens is 1. The highest BCUT2D eigenvalue weighted by Gasteiger charge is 2.08. The highest BCUT2D eigenvalue weighted by atomic mass is 79.9. The molecule has 74 valence electrons. The van der Waals surface area contributed by atoms with Gasteiger partial charge in [-0.05, 0) is 31.5 Å². The fourth-order valence-corrected chi connectivity index (χ4v) is 2.05. The molecule has 3 nitrogen and oxygen atoms in total. The number of imidazole rings is 1. The summed E-state index contributed by atoms with van der Waals surface area (Å²) in [6.07, 6.45) is 0. The van der Waals surface area contributed by atoms with E-state index in [1.165, 1.54) is 0 Å². The number of aromatic amines is 1. The van der Waals surface area contributed by atoms with E-state index in [4.69, 9.17) is 5.73 Å². The molecule has 0 radical (unpaired) electrons. The van der Waals surface area contributed by atoms with Crippen molar-refractivity contribution < 1.29 is 0 Å². The first-order valence-corrected chi connectivity index (χ1v) is 5.28. The number of nitrogens with two attached hydrogens (primary N) is 1. The second-order valence-electron chi connectivity index (χ2n) is 3.53. The number of hydrogen-bond acceptors (Lipinski definition) is 2. The van der Waals surface area contributed by atoms with Crippen LogP contribution in [0.2, 0.25) is 0 Å². The topological polar surface area (TPSA) is 54.7 Å². The lowest BCUT2D eigenvalue weighted by atomic mass is 10.2.